The van der Waals surface area contributed by atoms with Crippen molar-refractivity contribution in [2.24, 2.45) is 0 Å². The zero-order valence-electron chi connectivity index (χ0n) is 10.5. The van der Waals surface area contributed by atoms with Crippen molar-refractivity contribution in [2.75, 3.05) is 17.2 Å². The number of hydrogen-bond donors (Lipinski definition) is 2. The third-order valence-corrected chi connectivity index (χ3v) is 6.39. The largest absolute Gasteiger partial charge is 0.399 e. The maximum atomic E-state index is 13.6. The monoisotopic (exact) mass is 322 g/mol. The number of nitrogens with one attached hydrogen (secondary N) is 1. The fourth-order valence-corrected chi connectivity index (χ4v) is 4.88. The summed E-state index contributed by atoms with van der Waals surface area (Å²) in [6.45, 7) is 0. The Kier molecular flexibility index (Phi) is 4.03. The molecule has 112 valence electrons. The summed E-state index contributed by atoms with van der Waals surface area (Å²) < 4.78 is 62.6. The number of anilines is 1. The molecule has 1 saturated heterocycles. The average Bonchev–Trinajstić information content (AvgIpc) is 2.31. The molecule has 0 atom stereocenters. The molecule has 1 aliphatic heterocycles. The van der Waals surface area contributed by atoms with E-state index in [-0.39, 0.29) is 30.0 Å². The quantitative estimate of drug-likeness (QED) is 0.777. The number of halogens is 1. The second-order valence-corrected chi connectivity index (χ2v) is 8.72. The molecule has 0 spiro atoms. The summed E-state index contributed by atoms with van der Waals surface area (Å²) in [6.07, 6.45) is 0.385. The second kappa shape index (κ2) is 5.30. The molecule has 0 bridgehead atoms. The molecular formula is C11H15FN2O4S2. The SMILES string of the molecule is Nc1ccc(S(=O)(=O)NC2CCS(=O)(=O)CC2)c(F)c1. The zero-order valence-corrected chi connectivity index (χ0v) is 12.2. The highest BCUT2D eigenvalue weighted by atomic mass is 32.2. The Morgan fingerprint density at radius 2 is 1.85 bits per heavy atom. The lowest BCUT2D eigenvalue weighted by molar-refractivity contribution is 0.500. The van der Waals surface area contributed by atoms with Gasteiger partial charge in [-0.3, -0.25) is 0 Å². The molecule has 0 aromatic heterocycles. The van der Waals surface area contributed by atoms with Gasteiger partial charge in [-0.15, -0.1) is 0 Å². The third kappa shape index (κ3) is 3.47. The van der Waals surface area contributed by atoms with Gasteiger partial charge in [0.1, 0.15) is 20.5 Å². The van der Waals surface area contributed by atoms with E-state index < -0.39 is 36.6 Å². The van der Waals surface area contributed by atoms with Gasteiger partial charge in [-0.05, 0) is 31.0 Å². The summed E-state index contributed by atoms with van der Waals surface area (Å²) in [5.74, 6) is -1.06. The van der Waals surface area contributed by atoms with Crippen molar-refractivity contribution in [3.05, 3.63) is 24.0 Å². The van der Waals surface area contributed by atoms with Crippen LogP contribution >= 0.6 is 0 Å². The topological polar surface area (TPSA) is 106 Å². The highest BCUT2D eigenvalue weighted by Crippen LogP contribution is 2.20. The van der Waals surface area contributed by atoms with E-state index in [1.165, 1.54) is 6.07 Å². The van der Waals surface area contributed by atoms with Gasteiger partial charge in [0.05, 0.1) is 11.5 Å². The first-order valence-electron chi connectivity index (χ1n) is 5.97. The van der Waals surface area contributed by atoms with E-state index in [1.54, 1.807) is 0 Å². The highest BCUT2D eigenvalue weighted by molar-refractivity contribution is 7.91. The van der Waals surface area contributed by atoms with Crippen LogP contribution in [0.3, 0.4) is 0 Å². The van der Waals surface area contributed by atoms with Crippen molar-refractivity contribution in [3.63, 3.8) is 0 Å². The fraction of sp³-hybridized carbons (Fsp3) is 0.455. The van der Waals surface area contributed by atoms with E-state index in [0.717, 1.165) is 12.1 Å². The predicted molar refractivity (Wildman–Crippen MR) is 72.8 cm³/mol. The number of nitrogen functional groups attached to an aromatic ring is 1. The van der Waals surface area contributed by atoms with E-state index in [2.05, 4.69) is 4.72 Å². The minimum atomic E-state index is -4.02. The van der Waals surface area contributed by atoms with Gasteiger partial charge in [-0.1, -0.05) is 0 Å². The van der Waals surface area contributed by atoms with Crippen molar-refractivity contribution in [2.45, 2.75) is 23.8 Å². The Labute approximate surface area is 117 Å². The van der Waals surface area contributed by atoms with Gasteiger partial charge in [0.25, 0.3) is 0 Å². The van der Waals surface area contributed by atoms with Crippen LogP contribution in [0, 0.1) is 5.82 Å². The number of benzene rings is 1. The number of nitrogens with two attached hydrogens (primary N) is 1. The van der Waals surface area contributed by atoms with Crippen molar-refractivity contribution < 1.29 is 21.2 Å². The van der Waals surface area contributed by atoms with Crippen LogP contribution in [0.5, 0.6) is 0 Å². The van der Waals surface area contributed by atoms with E-state index in [0.29, 0.717) is 0 Å². The minimum absolute atomic E-state index is 0.0651. The normalized spacial score (nSPS) is 19.9. The molecule has 0 aliphatic carbocycles. The van der Waals surface area contributed by atoms with Crippen molar-refractivity contribution in [1.82, 2.24) is 4.72 Å². The molecule has 0 amide bonds. The second-order valence-electron chi connectivity index (χ2n) is 4.74. The summed E-state index contributed by atoms with van der Waals surface area (Å²) in [5, 5.41) is 0. The summed E-state index contributed by atoms with van der Waals surface area (Å²) in [6, 6.07) is 2.82. The molecule has 2 rings (SSSR count). The Morgan fingerprint density at radius 3 is 2.40 bits per heavy atom. The van der Waals surface area contributed by atoms with Gasteiger partial charge in [-0.25, -0.2) is 25.9 Å². The Bertz CT molecular complexity index is 702. The number of hydrogen-bond acceptors (Lipinski definition) is 5. The minimum Gasteiger partial charge on any atom is -0.399 e. The van der Waals surface area contributed by atoms with Crippen LogP contribution < -0.4 is 10.5 Å². The van der Waals surface area contributed by atoms with Crippen LogP contribution in [0.2, 0.25) is 0 Å². The van der Waals surface area contributed by atoms with Crippen molar-refractivity contribution in [1.29, 1.82) is 0 Å². The first-order valence-corrected chi connectivity index (χ1v) is 9.28. The van der Waals surface area contributed by atoms with E-state index >= 15 is 0 Å². The van der Waals surface area contributed by atoms with Crippen LogP contribution in [0.1, 0.15) is 12.8 Å². The molecule has 0 saturated carbocycles. The molecule has 0 unspecified atom stereocenters. The summed E-state index contributed by atoms with van der Waals surface area (Å²) >= 11 is 0. The van der Waals surface area contributed by atoms with Gasteiger partial charge < -0.3 is 5.73 Å². The van der Waals surface area contributed by atoms with E-state index in [4.69, 9.17) is 5.73 Å². The average molecular weight is 322 g/mol. The summed E-state index contributed by atoms with van der Waals surface area (Å²) in [7, 11) is -7.10. The third-order valence-electron chi connectivity index (χ3n) is 3.12. The number of sulfone groups is 1. The van der Waals surface area contributed by atoms with Crippen molar-refractivity contribution >= 4 is 25.5 Å². The van der Waals surface area contributed by atoms with Crippen molar-refractivity contribution in [3.8, 4) is 0 Å². The predicted octanol–water partition coefficient (Wildman–Crippen LogP) is 0.263. The van der Waals surface area contributed by atoms with Gasteiger partial charge >= 0.3 is 0 Å². The van der Waals surface area contributed by atoms with Crippen LogP contribution in [-0.2, 0) is 19.9 Å². The van der Waals surface area contributed by atoms with E-state index in [9.17, 15) is 21.2 Å². The molecular weight excluding hydrogens is 307 g/mol. The highest BCUT2D eigenvalue weighted by Gasteiger charge is 2.28. The van der Waals surface area contributed by atoms with Gasteiger partial charge in [-0.2, -0.15) is 0 Å². The molecule has 1 fully saturated rings. The molecule has 1 heterocycles. The van der Waals surface area contributed by atoms with Crippen LogP contribution in [0.25, 0.3) is 0 Å². The molecule has 6 nitrogen and oxygen atoms in total. The molecule has 0 radical (unpaired) electrons. The lowest BCUT2D eigenvalue weighted by Crippen LogP contribution is -2.41. The van der Waals surface area contributed by atoms with Gasteiger partial charge in [0.15, 0.2) is 0 Å². The van der Waals surface area contributed by atoms with E-state index in [1.807, 2.05) is 0 Å². The lowest BCUT2D eigenvalue weighted by atomic mass is 10.2. The van der Waals surface area contributed by atoms with Gasteiger partial charge in [0, 0.05) is 11.7 Å². The Balaban J connectivity index is 2.16. The lowest BCUT2D eigenvalue weighted by Gasteiger charge is -2.23. The Morgan fingerprint density at radius 1 is 1.25 bits per heavy atom. The first-order chi connectivity index (χ1) is 9.20. The molecule has 1 aromatic carbocycles. The van der Waals surface area contributed by atoms with Crippen LogP contribution in [-0.4, -0.2) is 34.4 Å². The molecule has 3 N–H and O–H groups in total. The number of rotatable bonds is 3. The first kappa shape index (κ1) is 15.2. The Hall–Kier alpha value is -1.19. The van der Waals surface area contributed by atoms with Crippen LogP contribution in [0.4, 0.5) is 10.1 Å². The maximum absolute atomic E-state index is 13.6. The summed E-state index contributed by atoms with van der Waals surface area (Å²) in [4.78, 5) is -0.486. The molecule has 20 heavy (non-hydrogen) atoms. The smallest absolute Gasteiger partial charge is 0.243 e. The van der Waals surface area contributed by atoms with Crippen LogP contribution in [0.15, 0.2) is 23.1 Å². The standard InChI is InChI=1S/C11H15FN2O4S2/c12-10-7-8(13)1-2-11(10)20(17,18)14-9-3-5-19(15,16)6-4-9/h1-2,7,9,14H,3-6,13H2. The molecule has 9 heteroatoms. The number of sulfonamides is 1. The fourth-order valence-electron chi connectivity index (χ4n) is 2.03. The summed E-state index contributed by atoms with van der Waals surface area (Å²) in [5.41, 5.74) is 5.49. The van der Waals surface area contributed by atoms with Gasteiger partial charge in [0.2, 0.25) is 10.0 Å². The maximum Gasteiger partial charge on any atom is 0.243 e. The molecule has 1 aromatic rings. The molecule has 1 aliphatic rings. The zero-order chi connectivity index (χ0) is 15.0.